The average Bonchev–Trinajstić information content (AvgIpc) is 2.52. The second kappa shape index (κ2) is 6.96. The third-order valence-electron chi connectivity index (χ3n) is 3.52. The molecule has 0 aliphatic carbocycles. The molecule has 2 aromatic rings. The normalized spacial score (nSPS) is 10.2. The zero-order valence-electron chi connectivity index (χ0n) is 13.3. The molecule has 5 nitrogen and oxygen atoms in total. The summed E-state index contributed by atoms with van der Waals surface area (Å²) in [5.74, 6) is -1.10. The lowest BCUT2D eigenvalue weighted by molar-refractivity contribution is 0.0523. The van der Waals surface area contributed by atoms with Crippen molar-refractivity contribution in [3.8, 4) is 5.75 Å². The van der Waals surface area contributed by atoms with Gasteiger partial charge in [-0.3, -0.25) is 4.79 Å². The molecular formula is C18H19NO4. The first-order valence-corrected chi connectivity index (χ1v) is 7.31. The van der Waals surface area contributed by atoms with Crippen molar-refractivity contribution in [2.75, 3.05) is 11.9 Å². The van der Waals surface area contributed by atoms with E-state index in [9.17, 15) is 14.7 Å². The lowest BCUT2D eigenvalue weighted by Gasteiger charge is -2.10. The monoisotopic (exact) mass is 313 g/mol. The van der Waals surface area contributed by atoms with Crippen molar-refractivity contribution in [1.29, 1.82) is 0 Å². The summed E-state index contributed by atoms with van der Waals surface area (Å²) >= 11 is 0. The first-order valence-electron chi connectivity index (χ1n) is 7.31. The Kier molecular flexibility index (Phi) is 5.01. The molecule has 0 saturated carbocycles. The van der Waals surface area contributed by atoms with Gasteiger partial charge in [-0.25, -0.2) is 4.79 Å². The van der Waals surface area contributed by atoms with Crippen LogP contribution in [0, 0.1) is 13.8 Å². The highest BCUT2D eigenvalue weighted by molar-refractivity contribution is 6.05. The van der Waals surface area contributed by atoms with Gasteiger partial charge in [-0.15, -0.1) is 0 Å². The molecule has 1 amide bonds. The van der Waals surface area contributed by atoms with Gasteiger partial charge in [-0.2, -0.15) is 0 Å². The molecular weight excluding hydrogens is 294 g/mol. The number of amides is 1. The van der Waals surface area contributed by atoms with Gasteiger partial charge in [-0.1, -0.05) is 6.07 Å². The standard InChI is InChI=1S/C18H19NO4/c1-4-23-18(22)15-10-14(7-8-16(15)20)19-17(21)13-6-5-11(2)12(3)9-13/h5-10,20H,4H2,1-3H3,(H,19,21). The molecule has 0 aromatic heterocycles. The summed E-state index contributed by atoms with van der Waals surface area (Å²) in [5, 5.41) is 12.4. The Morgan fingerprint density at radius 1 is 1.09 bits per heavy atom. The summed E-state index contributed by atoms with van der Waals surface area (Å²) in [6, 6.07) is 9.69. The molecule has 2 rings (SSSR count). The minimum atomic E-state index is -0.632. The number of rotatable bonds is 4. The smallest absolute Gasteiger partial charge is 0.341 e. The third kappa shape index (κ3) is 3.88. The van der Waals surface area contributed by atoms with Crippen LogP contribution in [-0.4, -0.2) is 23.6 Å². The van der Waals surface area contributed by atoms with Crippen LogP contribution in [0.15, 0.2) is 36.4 Å². The first kappa shape index (κ1) is 16.5. The van der Waals surface area contributed by atoms with E-state index in [0.717, 1.165) is 11.1 Å². The zero-order chi connectivity index (χ0) is 17.0. The Balaban J connectivity index is 2.22. The molecule has 0 bridgehead atoms. The fourth-order valence-corrected chi connectivity index (χ4v) is 2.07. The largest absolute Gasteiger partial charge is 0.507 e. The number of anilines is 1. The van der Waals surface area contributed by atoms with Crippen LogP contribution in [0.3, 0.4) is 0 Å². The quantitative estimate of drug-likeness (QED) is 0.670. The van der Waals surface area contributed by atoms with Gasteiger partial charge in [0.05, 0.1) is 6.61 Å². The lowest BCUT2D eigenvalue weighted by atomic mass is 10.1. The van der Waals surface area contributed by atoms with Crippen LogP contribution in [0.2, 0.25) is 0 Å². The number of phenols is 1. The van der Waals surface area contributed by atoms with Crippen LogP contribution in [0.5, 0.6) is 5.75 Å². The predicted molar refractivity (Wildman–Crippen MR) is 87.9 cm³/mol. The number of aromatic hydroxyl groups is 1. The predicted octanol–water partition coefficient (Wildman–Crippen LogP) is 3.44. The number of esters is 1. The summed E-state index contributed by atoms with van der Waals surface area (Å²) in [5.41, 5.74) is 3.09. The Hall–Kier alpha value is -2.82. The summed E-state index contributed by atoms with van der Waals surface area (Å²) in [6.45, 7) is 5.80. The summed E-state index contributed by atoms with van der Waals surface area (Å²) < 4.78 is 4.87. The van der Waals surface area contributed by atoms with Crippen LogP contribution >= 0.6 is 0 Å². The number of nitrogens with one attached hydrogen (secondary N) is 1. The van der Waals surface area contributed by atoms with Gasteiger partial charge in [0.25, 0.3) is 5.91 Å². The highest BCUT2D eigenvalue weighted by atomic mass is 16.5. The number of aryl methyl sites for hydroxylation is 2. The zero-order valence-corrected chi connectivity index (χ0v) is 13.3. The van der Waals surface area contributed by atoms with Gasteiger partial charge in [-0.05, 0) is 62.2 Å². The van der Waals surface area contributed by atoms with E-state index in [0.29, 0.717) is 11.3 Å². The van der Waals surface area contributed by atoms with Crippen molar-refractivity contribution in [2.24, 2.45) is 0 Å². The van der Waals surface area contributed by atoms with E-state index >= 15 is 0 Å². The molecule has 0 fully saturated rings. The summed E-state index contributed by atoms with van der Waals surface area (Å²) in [7, 11) is 0. The molecule has 0 saturated heterocycles. The first-order chi connectivity index (χ1) is 10.9. The van der Waals surface area contributed by atoms with E-state index in [4.69, 9.17) is 4.74 Å². The van der Waals surface area contributed by atoms with E-state index < -0.39 is 5.97 Å². The highest BCUT2D eigenvalue weighted by Gasteiger charge is 2.14. The number of hydrogen-bond acceptors (Lipinski definition) is 4. The molecule has 0 unspecified atom stereocenters. The SMILES string of the molecule is CCOC(=O)c1cc(NC(=O)c2ccc(C)c(C)c2)ccc1O. The Bertz CT molecular complexity index is 753. The highest BCUT2D eigenvalue weighted by Crippen LogP contribution is 2.23. The molecule has 2 aromatic carbocycles. The van der Waals surface area contributed by atoms with Crippen LogP contribution in [0.4, 0.5) is 5.69 Å². The molecule has 0 aliphatic rings. The molecule has 0 spiro atoms. The Morgan fingerprint density at radius 2 is 1.83 bits per heavy atom. The van der Waals surface area contributed by atoms with Gasteiger partial charge in [0.1, 0.15) is 11.3 Å². The molecule has 5 heteroatoms. The van der Waals surface area contributed by atoms with E-state index in [1.54, 1.807) is 19.1 Å². The third-order valence-corrected chi connectivity index (χ3v) is 3.52. The average molecular weight is 313 g/mol. The maximum absolute atomic E-state index is 12.3. The van der Waals surface area contributed by atoms with Crippen molar-refractivity contribution >= 4 is 17.6 Å². The minimum Gasteiger partial charge on any atom is -0.507 e. The second-order valence-electron chi connectivity index (χ2n) is 5.21. The molecule has 120 valence electrons. The van der Waals surface area contributed by atoms with Gasteiger partial charge in [0, 0.05) is 11.3 Å². The molecule has 0 aliphatic heterocycles. The van der Waals surface area contributed by atoms with Crippen molar-refractivity contribution in [3.05, 3.63) is 58.7 Å². The number of carbonyl (C=O) groups excluding carboxylic acids is 2. The maximum Gasteiger partial charge on any atom is 0.341 e. The molecule has 2 N–H and O–H groups in total. The van der Waals surface area contributed by atoms with Crippen molar-refractivity contribution < 1.29 is 19.4 Å². The second-order valence-corrected chi connectivity index (χ2v) is 5.21. The fourth-order valence-electron chi connectivity index (χ4n) is 2.07. The molecule has 0 atom stereocenters. The van der Waals surface area contributed by atoms with E-state index in [2.05, 4.69) is 5.32 Å². The number of carbonyl (C=O) groups is 2. The maximum atomic E-state index is 12.3. The van der Waals surface area contributed by atoms with Crippen molar-refractivity contribution in [1.82, 2.24) is 0 Å². The summed E-state index contributed by atoms with van der Waals surface area (Å²) in [6.07, 6.45) is 0. The number of ether oxygens (including phenoxy) is 1. The van der Waals surface area contributed by atoms with E-state index in [1.807, 2.05) is 19.9 Å². The van der Waals surface area contributed by atoms with Crippen LogP contribution in [0.25, 0.3) is 0 Å². The van der Waals surface area contributed by atoms with Gasteiger partial charge in [0.2, 0.25) is 0 Å². The molecule has 23 heavy (non-hydrogen) atoms. The topological polar surface area (TPSA) is 75.6 Å². The minimum absolute atomic E-state index is 0.0183. The van der Waals surface area contributed by atoms with Gasteiger partial charge >= 0.3 is 5.97 Å². The van der Waals surface area contributed by atoms with Gasteiger partial charge in [0.15, 0.2) is 0 Å². The van der Waals surface area contributed by atoms with Crippen LogP contribution in [-0.2, 0) is 4.74 Å². The Labute approximate surface area is 134 Å². The number of phenolic OH excluding ortho intramolecular Hbond substituents is 1. The van der Waals surface area contributed by atoms with Gasteiger partial charge < -0.3 is 15.2 Å². The number of benzene rings is 2. The fraction of sp³-hybridized carbons (Fsp3) is 0.222. The van der Waals surface area contributed by atoms with E-state index in [1.165, 1.54) is 18.2 Å². The molecule has 0 heterocycles. The summed E-state index contributed by atoms with van der Waals surface area (Å²) in [4.78, 5) is 24.0. The lowest BCUT2D eigenvalue weighted by Crippen LogP contribution is -2.13. The van der Waals surface area contributed by atoms with Crippen LogP contribution < -0.4 is 5.32 Å². The van der Waals surface area contributed by atoms with Crippen LogP contribution in [0.1, 0.15) is 38.8 Å². The van der Waals surface area contributed by atoms with Crippen molar-refractivity contribution in [3.63, 3.8) is 0 Å². The van der Waals surface area contributed by atoms with Crippen molar-refractivity contribution in [2.45, 2.75) is 20.8 Å². The van der Waals surface area contributed by atoms with E-state index in [-0.39, 0.29) is 23.8 Å². The Morgan fingerprint density at radius 3 is 2.48 bits per heavy atom. The number of hydrogen-bond donors (Lipinski definition) is 2. The molecule has 0 radical (unpaired) electrons.